The van der Waals surface area contributed by atoms with Crippen molar-refractivity contribution in [3.63, 3.8) is 0 Å². The van der Waals surface area contributed by atoms with Gasteiger partial charge in [0.1, 0.15) is 0 Å². The normalized spacial score (nSPS) is 10.9. The van der Waals surface area contributed by atoms with Gasteiger partial charge < -0.3 is 14.5 Å². The number of amides is 1. The Labute approximate surface area is 155 Å². The summed E-state index contributed by atoms with van der Waals surface area (Å²) in [6.07, 6.45) is 5.23. The first kappa shape index (κ1) is 16.8. The summed E-state index contributed by atoms with van der Waals surface area (Å²) < 4.78 is 12.7. The number of aryl methyl sites for hydroxylation is 1. The van der Waals surface area contributed by atoms with Crippen LogP contribution in [0, 0.1) is 0 Å². The lowest BCUT2D eigenvalue weighted by Crippen LogP contribution is -2.22. The van der Waals surface area contributed by atoms with Crippen molar-refractivity contribution in [2.24, 2.45) is 7.05 Å². The molecule has 0 saturated heterocycles. The van der Waals surface area contributed by atoms with Crippen molar-refractivity contribution < 1.29 is 13.9 Å². The molecular formula is C20H18N4O3. The molecule has 0 radical (unpaired) electrons. The maximum Gasteiger partial charge on any atom is 0.287 e. The largest absolute Gasteiger partial charge is 0.493 e. The number of hydrogen-bond acceptors (Lipinski definition) is 5. The average Bonchev–Trinajstić information content (AvgIpc) is 3.32. The highest BCUT2D eigenvalue weighted by Gasteiger charge is 2.15. The lowest BCUT2D eigenvalue weighted by atomic mass is 10.1. The minimum Gasteiger partial charge on any atom is -0.493 e. The third kappa shape index (κ3) is 3.27. The molecule has 7 heteroatoms. The van der Waals surface area contributed by atoms with E-state index in [1.54, 1.807) is 42.5 Å². The van der Waals surface area contributed by atoms with E-state index in [0.717, 1.165) is 22.2 Å². The van der Waals surface area contributed by atoms with Crippen LogP contribution in [0.25, 0.3) is 22.2 Å². The molecule has 0 spiro atoms. The highest BCUT2D eigenvalue weighted by atomic mass is 16.5. The lowest BCUT2D eigenvalue weighted by molar-refractivity contribution is 0.0925. The zero-order valence-corrected chi connectivity index (χ0v) is 15.0. The van der Waals surface area contributed by atoms with Crippen LogP contribution < -0.4 is 10.1 Å². The number of nitrogens with zero attached hydrogens (tertiary/aromatic N) is 3. The van der Waals surface area contributed by atoms with Crippen molar-refractivity contribution in [2.45, 2.75) is 6.54 Å². The second-order valence-electron chi connectivity index (χ2n) is 6.09. The second kappa shape index (κ2) is 6.95. The van der Waals surface area contributed by atoms with Crippen molar-refractivity contribution in [3.8, 4) is 17.0 Å². The fourth-order valence-electron chi connectivity index (χ4n) is 2.96. The van der Waals surface area contributed by atoms with Crippen LogP contribution in [0.2, 0.25) is 0 Å². The van der Waals surface area contributed by atoms with Gasteiger partial charge in [-0.05, 0) is 29.8 Å². The Morgan fingerprint density at radius 2 is 2.15 bits per heavy atom. The first-order valence-electron chi connectivity index (χ1n) is 8.43. The summed E-state index contributed by atoms with van der Waals surface area (Å²) >= 11 is 0. The molecule has 27 heavy (non-hydrogen) atoms. The number of nitrogens with one attached hydrogen (secondary N) is 1. The number of carbonyl (C=O) groups excluding carboxylic acids is 1. The quantitative estimate of drug-likeness (QED) is 0.590. The molecule has 0 aliphatic heterocycles. The molecular weight excluding hydrogens is 344 g/mol. The summed E-state index contributed by atoms with van der Waals surface area (Å²) in [7, 11) is 3.44. The molecule has 7 nitrogen and oxygen atoms in total. The Morgan fingerprint density at radius 3 is 2.93 bits per heavy atom. The maximum absolute atomic E-state index is 12.5. The molecule has 1 amide bonds. The molecule has 0 aliphatic carbocycles. The zero-order valence-electron chi connectivity index (χ0n) is 15.0. The van der Waals surface area contributed by atoms with Crippen molar-refractivity contribution in [3.05, 3.63) is 66.3 Å². The summed E-state index contributed by atoms with van der Waals surface area (Å²) in [6.45, 7) is 0.339. The molecule has 3 heterocycles. The molecule has 136 valence electrons. The predicted molar refractivity (Wildman–Crippen MR) is 100 cm³/mol. The predicted octanol–water partition coefficient (Wildman–Crippen LogP) is 3.17. The van der Waals surface area contributed by atoms with Crippen LogP contribution in [0.3, 0.4) is 0 Å². The molecule has 0 atom stereocenters. The summed E-state index contributed by atoms with van der Waals surface area (Å²) in [4.78, 5) is 16.7. The van der Waals surface area contributed by atoms with E-state index >= 15 is 0 Å². The first-order valence-corrected chi connectivity index (χ1v) is 8.43. The van der Waals surface area contributed by atoms with Gasteiger partial charge in [-0.15, -0.1) is 0 Å². The van der Waals surface area contributed by atoms with E-state index in [0.29, 0.717) is 17.9 Å². The van der Waals surface area contributed by atoms with E-state index in [-0.39, 0.29) is 11.7 Å². The SMILES string of the molecule is COc1cccc2cc(C(=O)NCc3cncc(-c4ccnn4C)c3)oc12. The third-order valence-corrected chi connectivity index (χ3v) is 4.32. The van der Waals surface area contributed by atoms with E-state index in [9.17, 15) is 4.79 Å². The van der Waals surface area contributed by atoms with E-state index in [4.69, 9.17) is 9.15 Å². The molecule has 3 aromatic heterocycles. The standard InChI is InChI=1S/C20H18N4O3/c1-24-16(6-7-23-24)15-8-13(10-21-12-15)11-22-20(25)18-9-14-4-3-5-17(26-2)19(14)27-18/h3-10,12H,11H2,1-2H3,(H,22,25). The number of carbonyl (C=O) groups is 1. The summed E-state index contributed by atoms with van der Waals surface area (Å²) in [6, 6.07) is 11.1. The van der Waals surface area contributed by atoms with Gasteiger partial charge in [0.2, 0.25) is 0 Å². The zero-order chi connectivity index (χ0) is 18.8. The van der Waals surface area contributed by atoms with E-state index in [1.165, 1.54) is 0 Å². The topological polar surface area (TPSA) is 82.2 Å². The number of rotatable bonds is 5. The van der Waals surface area contributed by atoms with Gasteiger partial charge in [-0.1, -0.05) is 12.1 Å². The number of fused-ring (bicyclic) bond motifs is 1. The number of ether oxygens (including phenoxy) is 1. The second-order valence-corrected chi connectivity index (χ2v) is 6.09. The number of aromatic nitrogens is 3. The monoisotopic (exact) mass is 362 g/mol. The van der Waals surface area contributed by atoms with Gasteiger partial charge in [-0.25, -0.2) is 0 Å². The van der Waals surface area contributed by atoms with Gasteiger partial charge in [-0.3, -0.25) is 14.5 Å². The molecule has 0 aliphatic rings. The molecule has 0 saturated carbocycles. The molecule has 1 N–H and O–H groups in total. The first-order chi connectivity index (χ1) is 13.2. The van der Waals surface area contributed by atoms with Crippen molar-refractivity contribution in [1.29, 1.82) is 0 Å². The smallest absolute Gasteiger partial charge is 0.287 e. The minimum absolute atomic E-state index is 0.241. The summed E-state index contributed by atoms with van der Waals surface area (Å²) in [5.74, 6) is 0.545. The fourth-order valence-corrected chi connectivity index (χ4v) is 2.96. The highest BCUT2D eigenvalue weighted by molar-refractivity contribution is 5.97. The summed E-state index contributed by atoms with van der Waals surface area (Å²) in [5.41, 5.74) is 3.34. The number of pyridine rings is 1. The van der Waals surface area contributed by atoms with E-state index < -0.39 is 0 Å². The Balaban J connectivity index is 1.51. The van der Waals surface area contributed by atoms with Gasteiger partial charge in [-0.2, -0.15) is 5.10 Å². The van der Waals surface area contributed by atoms with Crippen LogP contribution >= 0.6 is 0 Å². The van der Waals surface area contributed by atoms with Crippen molar-refractivity contribution >= 4 is 16.9 Å². The molecule has 0 unspecified atom stereocenters. The Kier molecular flexibility index (Phi) is 4.33. The average molecular weight is 362 g/mol. The van der Waals surface area contributed by atoms with E-state index in [2.05, 4.69) is 15.4 Å². The van der Waals surface area contributed by atoms with Gasteiger partial charge in [0.05, 0.1) is 12.8 Å². The van der Waals surface area contributed by atoms with Crippen LogP contribution in [0.15, 0.2) is 59.4 Å². The van der Waals surface area contributed by atoms with Crippen molar-refractivity contribution in [2.75, 3.05) is 7.11 Å². The highest BCUT2D eigenvalue weighted by Crippen LogP contribution is 2.28. The molecule has 4 aromatic rings. The molecule has 0 fully saturated rings. The number of methoxy groups -OCH3 is 1. The Morgan fingerprint density at radius 1 is 1.26 bits per heavy atom. The van der Waals surface area contributed by atoms with Crippen LogP contribution in [-0.2, 0) is 13.6 Å². The molecule has 4 rings (SSSR count). The van der Waals surface area contributed by atoms with Crippen LogP contribution in [0.4, 0.5) is 0 Å². The van der Waals surface area contributed by atoms with Crippen molar-refractivity contribution in [1.82, 2.24) is 20.1 Å². The fraction of sp³-hybridized carbons (Fsp3) is 0.150. The maximum atomic E-state index is 12.5. The Hall–Kier alpha value is -3.61. The van der Waals surface area contributed by atoms with E-state index in [1.807, 2.05) is 31.3 Å². The number of para-hydroxylation sites is 1. The Bertz CT molecular complexity index is 1110. The minimum atomic E-state index is -0.292. The molecule has 0 bridgehead atoms. The van der Waals surface area contributed by atoms with Gasteiger partial charge >= 0.3 is 0 Å². The van der Waals surface area contributed by atoms with Crippen LogP contribution in [-0.4, -0.2) is 27.8 Å². The number of furan rings is 1. The van der Waals surface area contributed by atoms with Gasteiger partial charge in [0.15, 0.2) is 17.1 Å². The third-order valence-electron chi connectivity index (χ3n) is 4.32. The number of hydrogen-bond donors (Lipinski definition) is 1. The van der Waals surface area contributed by atoms with Gasteiger partial charge in [0.25, 0.3) is 5.91 Å². The number of benzene rings is 1. The lowest BCUT2D eigenvalue weighted by Gasteiger charge is -2.06. The molecule has 1 aromatic carbocycles. The van der Waals surface area contributed by atoms with Gasteiger partial charge in [0, 0.05) is 43.1 Å². The summed E-state index contributed by atoms with van der Waals surface area (Å²) in [5, 5.41) is 7.85. The van der Waals surface area contributed by atoms with Crippen LogP contribution in [0.1, 0.15) is 16.1 Å². The van der Waals surface area contributed by atoms with Crippen LogP contribution in [0.5, 0.6) is 5.75 Å².